The molecule has 5 heteroatoms. The zero-order chi connectivity index (χ0) is 25.0. The maximum atomic E-state index is 12.2. The second-order valence-corrected chi connectivity index (χ2v) is 11.6. The Kier molecular flexibility index (Phi) is 17.7. The Labute approximate surface area is 211 Å². The number of hydrogen-bond acceptors (Lipinski definition) is 4. The zero-order valence-corrected chi connectivity index (χ0v) is 23.2. The van der Waals surface area contributed by atoms with Crippen LogP contribution in [0.5, 0.6) is 0 Å². The molecule has 0 aromatic heterocycles. The molecule has 0 unspecified atom stereocenters. The average Bonchev–Trinajstić information content (AvgIpc) is 2.78. The zero-order valence-electron chi connectivity index (χ0n) is 22.4. The second kappa shape index (κ2) is 19.3. The van der Waals surface area contributed by atoms with E-state index in [1.807, 2.05) is 30.3 Å². The Balaban J connectivity index is 1.92. The molecule has 1 aromatic rings. The normalized spacial score (nSPS) is 12.3. The van der Waals surface area contributed by atoms with Crippen molar-refractivity contribution in [3.63, 3.8) is 0 Å². The predicted molar refractivity (Wildman–Crippen MR) is 144 cm³/mol. The van der Waals surface area contributed by atoms with E-state index in [4.69, 9.17) is 8.37 Å². The molecule has 0 aliphatic rings. The summed E-state index contributed by atoms with van der Waals surface area (Å²) in [6.45, 7) is 6.02. The van der Waals surface area contributed by atoms with E-state index >= 15 is 0 Å². The largest absolute Gasteiger partial charge is 0.400 e. The van der Waals surface area contributed by atoms with E-state index in [-0.39, 0.29) is 6.61 Å². The molecule has 4 nitrogen and oxygen atoms in total. The Hall–Kier alpha value is -0.910. The second-order valence-electron chi connectivity index (χ2n) is 10.4. The van der Waals surface area contributed by atoms with Crippen LogP contribution < -0.4 is 0 Å². The van der Waals surface area contributed by atoms with Gasteiger partial charge >= 0.3 is 10.4 Å². The van der Waals surface area contributed by atoms with Gasteiger partial charge in [-0.25, -0.2) is 8.37 Å². The van der Waals surface area contributed by atoms with Crippen molar-refractivity contribution in [1.29, 1.82) is 0 Å². The molecule has 0 aliphatic heterocycles. The van der Waals surface area contributed by atoms with Gasteiger partial charge in [0.25, 0.3) is 0 Å². The van der Waals surface area contributed by atoms with Gasteiger partial charge in [0.2, 0.25) is 0 Å². The van der Waals surface area contributed by atoms with Crippen molar-refractivity contribution in [1.82, 2.24) is 0 Å². The molecule has 1 rings (SSSR count). The molecule has 0 radical (unpaired) electrons. The molecule has 0 fully saturated rings. The van der Waals surface area contributed by atoms with Gasteiger partial charge in [0, 0.05) is 6.42 Å². The van der Waals surface area contributed by atoms with Crippen molar-refractivity contribution < 1.29 is 16.8 Å². The van der Waals surface area contributed by atoms with Gasteiger partial charge in [-0.3, -0.25) is 0 Å². The Morgan fingerprint density at radius 2 is 1.06 bits per heavy atom. The van der Waals surface area contributed by atoms with Crippen molar-refractivity contribution in [3.8, 4) is 0 Å². The summed E-state index contributed by atoms with van der Waals surface area (Å²) in [5.41, 5.74) is 0.199. The fraction of sp³-hybridized carbons (Fsp3) is 0.793. The first-order valence-corrected chi connectivity index (χ1v) is 15.3. The fourth-order valence-corrected chi connectivity index (χ4v) is 5.39. The quantitative estimate of drug-likeness (QED) is 0.142. The molecule has 0 N–H and O–H groups in total. The molecule has 0 heterocycles. The van der Waals surface area contributed by atoms with Crippen LogP contribution in [0.1, 0.15) is 135 Å². The van der Waals surface area contributed by atoms with Crippen molar-refractivity contribution in [2.45, 2.75) is 142 Å². The van der Waals surface area contributed by atoms with Crippen LogP contribution in [0, 0.1) is 0 Å². The summed E-state index contributed by atoms with van der Waals surface area (Å²) in [5.74, 6) is 0. The molecule has 0 aliphatic carbocycles. The third-order valence-electron chi connectivity index (χ3n) is 6.28. The molecule has 0 amide bonds. The van der Waals surface area contributed by atoms with Crippen LogP contribution in [-0.4, -0.2) is 20.6 Å². The molecule has 0 saturated carbocycles. The number of benzene rings is 1. The molecule has 0 bridgehead atoms. The third-order valence-corrected chi connectivity index (χ3v) is 7.39. The van der Waals surface area contributed by atoms with Gasteiger partial charge < -0.3 is 0 Å². The van der Waals surface area contributed by atoms with Crippen molar-refractivity contribution in [3.05, 3.63) is 35.9 Å². The Bertz CT molecular complexity index is 685. The molecule has 0 saturated heterocycles. The highest BCUT2D eigenvalue weighted by Crippen LogP contribution is 2.21. The van der Waals surface area contributed by atoms with Gasteiger partial charge in [-0.2, -0.15) is 8.42 Å². The first-order valence-electron chi connectivity index (χ1n) is 14.0. The number of hydrogen-bond donors (Lipinski definition) is 0. The molecule has 198 valence electrons. The predicted octanol–water partition coefficient (Wildman–Crippen LogP) is 8.94. The van der Waals surface area contributed by atoms with E-state index in [1.165, 1.54) is 89.9 Å². The standard InChI is InChI=1S/C29H52O4S/c1-4-5-6-7-8-9-10-11-12-13-14-15-16-17-18-19-23-26-32-34(30,31)33-29(2,3)27-28-24-21-20-22-25-28/h20-22,24-25H,4-19,23,26-27H2,1-3H3. The molecular weight excluding hydrogens is 444 g/mol. The molecule has 0 atom stereocenters. The summed E-state index contributed by atoms with van der Waals surface area (Å²) < 4.78 is 34.7. The van der Waals surface area contributed by atoms with Gasteiger partial charge in [-0.1, -0.05) is 140 Å². The van der Waals surface area contributed by atoms with Crippen LogP contribution in [-0.2, 0) is 25.2 Å². The van der Waals surface area contributed by atoms with Crippen LogP contribution in [0.2, 0.25) is 0 Å². The van der Waals surface area contributed by atoms with Crippen LogP contribution in [0.25, 0.3) is 0 Å². The monoisotopic (exact) mass is 496 g/mol. The van der Waals surface area contributed by atoms with E-state index < -0.39 is 16.0 Å². The van der Waals surface area contributed by atoms with E-state index in [9.17, 15) is 8.42 Å². The molecular formula is C29H52O4S. The van der Waals surface area contributed by atoms with E-state index in [0.29, 0.717) is 6.42 Å². The maximum absolute atomic E-state index is 12.2. The van der Waals surface area contributed by atoms with Crippen molar-refractivity contribution >= 4 is 10.4 Å². The molecule has 34 heavy (non-hydrogen) atoms. The van der Waals surface area contributed by atoms with Crippen molar-refractivity contribution in [2.24, 2.45) is 0 Å². The summed E-state index contributed by atoms with van der Waals surface area (Å²) in [4.78, 5) is 0. The van der Waals surface area contributed by atoms with Gasteiger partial charge in [-0.15, -0.1) is 0 Å². The van der Waals surface area contributed by atoms with Crippen LogP contribution in [0.15, 0.2) is 30.3 Å². The van der Waals surface area contributed by atoms with Crippen molar-refractivity contribution in [2.75, 3.05) is 6.61 Å². The third kappa shape index (κ3) is 18.4. The Morgan fingerprint density at radius 1 is 0.647 bits per heavy atom. The van der Waals surface area contributed by atoms with E-state index in [0.717, 1.165) is 24.8 Å². The lowest BCUT2D eigenvalue weighted by molar-refractivity contribution is 0.0864. The van der Waals surface area contributed by atoms with Gasteiger partial charge in [0.15, 0.2) is 0 Å². The lowest BCUT2D eigenvalue weighted by Gasteiger charge is -2.24. The van der Waals surface area contributed by atoms with E-state index in [2.05, 4.69) is 6.92 Å². The molecule has 1 aromatic carbocycles. The summed E-state index contributed by atoms with van der Waals surface area (Å²) in [6, 6.07) is 9.75. The smallest absolute Gasteiger partial charge is 0.248 e. The minimum Gasteiger partial charge on any atom is -0.248 e. The number of unbranched alkanes of at least 4 members (excludes halogenated alkanes) is 16. The summed E-state index contributed by atoms with van der Waals surface area (Å²) >= 11 is 0. The first kappa shape index (κ1) is 31.1. The van der Waals surface area contributed by atoms with Crippen LogP contribution in [0.4, 0.5) is 0 Å². The van der Waals surface area contributed by atoms with Crippen LogP contribution in [0.3, 0.4) is 0 Å². The van der Waals surface area contributed by atoms with Crippen LogP contribution >= 0.6 is 0 Å². The Morgan fingerprint density at radius 3 is 1.50 bits per heavy atom. The molecule has 0 spiro atoms. The highest BCUT2D eigenvalue weighted by atomic mass is 32.3. The fourth-order valence-electron chi connectivity index (χ4n) is 4.41. The minimum atomic E-state index is -3.98. The summed E-state index contributed by atoms with van der Waals surface area (Å²) in [7, 11) is -3.98. The summed E-state index contributed by atoms with van der Waals surface area (Å²) in [5, 5.41) is 0. The highest BCUT2D eigenvalue weighted by Gasteiger charge is 2.27. The van der Waals surface area contributed by atoms with E-state index in [1.54, 1.807) is 13.8 Å². The SMILES string of the molecule is CCCCCCCCCCCCCCCCCCCOS(=O)(=O)OC(C)(C)Cc1ccccc1. The van der Waals surface area contributed by atoms with Gasteiger partial charge in [0.05, 0.1) is 12.2 Å². The maximum Gasteiger partial charge on any atom is 0.400 e. The lowest BCUT2D eigenvalue weighted by Crippen LogP contribution is -2.31. The average molecular weight is 497 g/mol. The van der Waals surface area contributed by atoms with Gasteiger partial charge in [-0.05, 0) is 25.8 Å². The number of rotatable bonds is 23. The highest BCUT2D eigenvalue weighted by molar-refractivity contribution is 7.81. The minimum absolute atomic E-state index is 0.197. The first-order chi connectivity index (χ1) is 16.3. The van der Waals surface area contributed by atoms with Gasteiger partial charge in [0.1, 0.15) is 0 Å². The summed E-state index contributed by atoms with van der Waals surface area (Å²) in [6.07, 6.45) is 22.6. The lowest BCUT2D eigenvalue weighted by atomic mass is 9.99. The topological polar surface area (TPSA) is 52.6 Å².